The van der Waals surface area contributed by atoms with Gasteiger partial charge in [0.25, 0.3) is 11.8 Å². The van der Waals surface area contributed by atoms with Crippen LogP contribution in [0.2, 0.25) is 5.02 Å². The van der Waals surface area contributed by atoms with Gasteiger partial charge in [-0.25, -0.2) is 0 Å². The van der Waals surface area contributed by atoms with E-state index >= 15 is 0 Å². The van der Waals surface area contributed by atoms with Crippen molar-refractivity contribution in [3.63, 3.8) is 0 Å². The molecule has 0 aliphatic heterocycles. The third kappa shape index (κ3) is 5.57. The van der Waals surface area contributed by atoms with Gasteiger partial charge in [-0.3, -0.25) is 9.59 Å². The van der Waals surface area contributed by atoms with E-state index in [1.165, 1.54) is 16.2 Å². The van der Waals surface area contributed by atoms with E-state index in [9.17, 15) is 9.59 Å². The maximum atomic E-state index is 13.3. The molecule has 0 radical (unpaired) electrons. The summed E-state index contributed by atoms with van der Waals surface area (Å²) in [6.07, 6.45) is 2.01. The van der Waals surface area contributed by atoms with Gasteiger partial charge in [-0.2, -0.15) is 0 Å². The highest BCUT2D eigenvalue weighted by Gasteiger charge is 2.29. The second-order valence-electron chi connectivity index (χ2n) is 8.58. The quantitative estimate of drug-likeness (QED) is 0.421. The van der Waals surface area contributed by atoms with Crippen molar-refractivity contribution in [2.45, 2.75) is 46.1 Å². The third-order valence-electron chi connectivity index (χ3n) is 5.76. The molecule has 2 aromatic carbocycles. The first-order valence-corrected chi connectivity index (χ1v) is 12.2. The van der Waals surface area contributed by atoms with E-state index < -0.39 is 6.10 Å². The monoisotopic (exact) mass is 482 g/mol. The Morgan fingerprint density at radius 1 is 1.15 bits per heavy atom. The van der Waals surface area contributed by atoms with E-state index in [0.717, 1.165) is 36.1 Å². The van der Waals surface area contributed by atoms with Crippen LogP contribution in [0, 0.1) is 12.8 Å². The molecule has 0 bridgehead atoms. The highest BCUT2D eigenvalue weighted by molar-refractivity contribution is 7.17. The average Bonchev–Trinajstić information content (AvgIpc) is 3.12. The number of halogens is 1. The molecule has 0 saturated carbocycles. The molecule has 0 spiro atoms. The maximum absolute atomic E-state index is 13.3. The number of amides is 2. The summed E-state index contributed by atoms with van der Waals surface area (Å²) in [7, 11) is 0. The van der Waals surface area contributed by atoms with E-state index in [1.54, 1.807) is 31.2 Å². The van der Waals surface area contributed by atoms with Crippen molar-refractivity contribution < 1.29 is 14.3 Å². The van der Waals surface area contributed by atoms with Crippen LogP contribution in [0.1, 0.15) is 46.6 Å². The zero-order chi connectivity index (χ0) is 23.5. The maximum Gasteiger partial charge on any atom is 0.265 e. The highest BCUT2D eigenvalue weighted by Crippen LogP contribution is 2.40. The number of carbonyl (C=O) groups excluding carboxylic acids is 2. The van der Waals surface area contributed by atoms with Gasteiger partial charge in [0.05, 0.1) is 5.56 Å². The van der Waals surface area contributed by atoms with Crippen molar-refractivity contribution in [2.24, 2.45) is 5.92 Å². The summed E-state index contributed by atoms with van der Waals surface area (Å²) in [4.78, 5) is 27.4. The van der Waals surface area contributed by atoms with Crippen molar-refractivity contribution >= 4 is 45.4 Å². The van der Waals surface area contributed by atoms with Crippen LogP contribution in [0.5, 0.6) is 5.75 Å². The molecule has 5 nitrogen and oxygen atoms in total. The molecule has 33 heavy (non-hydrogen) atoms. The Hall–Kier alpha value is -2.83. The molecule has 4 rings (SSSR count). The molecular formula is C26H27ClN2O3S. The van der Waals surface area contributed by atoms with Crippen LogP contribution in [-0.4, -0.2) is 17.9 Å². The third-order valence-corrected chi connectivity index (χ3v) is 7.17. The van der Waals surface area contributed by atoms with E-state index in [2.05, 4.69) is 17.6 Å². The minimum atomic E-state index is -0.755. The number of hydrogen-bond acceptors (Lipinski definition) is 4. The normalized spacial score (nSPS) is 15.9. The van der Waals surface area contributed by atoms with Gasteiger partial charge in [-0.05, 0) is 74.9 Å². The van der Waals surface area contributed by atoms with Crippen molar-refractivity contribution in [1.82, 2.24) is 0 Å². The highest BCUT2D eigenvalue weighted by atomic mass is 35.5. The topological polar surface area (TPSA) is 67.4 Å². The van der Waals surface area contributed by atoms with Crippen LogP contribution >= 0.6 is 22.9 Å². The number of rotatable bonds is 6. The van der Waals surface area contributed by atoms with E-state index in [0.29, 0.717) is 27.3 Å². The number of aryl methyl sites for hydroxylation is 1. The van der Waals surface area contributed by atoms with Gasteiger partial charge >= 0.3 is 0 Å². The molecule has 0 saturated heterocycles. The van der Waals surface area contributed by atoms with Crippen molar-refractivity contribution in [2.75, 3.05) is 10.6 Å². The number of nitrogens with one attached hydrogen (secondary N) is 2. The molecule has 1 aliphatic rings. The Morgan fingerprint density at radius 3 is 2.64 bits per heavy atom. The van der Waals surface area contributed by atoms with Gasteiger partial charge in [-0.15, -0.1) is 11.3 Å². The molecule has 3 aromatic rings. The molecule has 1 heterocycles. The minimum absolute atomic E-state index is 0.204. The van der Waals surface area contributed by atoms with E-state index in [-0.39, 0.29) is 11.8 Å². The summed E-state index contributed by atoms with van der Waals surface area (Å²) in [5.74, 6) is 0.551. The predicted octanol–water partition coefficient (Wildman–Crippen LogP) is 6.49. The van der Waals surface area contributed by atoms with Crippen molar-refractivity contribution in [1.29, 1.82) is 0 Å². The molecule has 0 unspecified atom stereocenters. The first-order chi connectivity index (χ1) is 15.8. The standard InChI is InChI=1S/C26H27ClN2O3S/c1-15-7-10-19(11-8-15)28-25(31)23-21-12-9-16(2)13-22(21)33-26(23)29-24(30)17(3)32-20-6-4-5-18(27)14-20/h4-8,10-11,14,16-17H,9,12-13H2,1-3H3,(H,28,31)(H,29,30)/t16-,17-/m1/s1. The van der Waals surface area contributed by atoms with Crippen LogP contribution < -0.4 is 15.4 Å². The summed E-state index contributed by atoms with van der Waals surface area (Å²) in [6.45, 7) is 5.90. The van der Waals surface area contributed by atoms with Gasteiger partial charge in [0.15, 0.2) is 6.10 Å². The molecule has 1 aliphatic carbocycles. The molecule has 1 aromatic heterocycles. The summed E-state index contributed by atoms with van der Waals surface area (Å²) in [5.41, 5.74) is 3.45. The number of thiophene rings is 1. The van der Waals surface area contributed by atoms with Crippen LogP contribution in [0.15, 0.2) is 48.5 Å². The molecule has 2 amide bonds. The smallest absolute Gasteiger partial charge is 0.265 e. The second-order valence-corrected chi connectivity index (χ2v) is 10.1. The SMILES string of the molecule is Cc1ccc(NC(=O)c2c(NC(=O)[C@@H](C)Oc3cccc(Cl)c3)sc3c2CC[C@@H](C)C3)cc1. The first-order valence-electron chi connectivity index (χ1n) is 11.1. The lowest BCUT2D eigenvalue weighted by molar-refractivity contribution is -0.122. The number of carbonyl (C=O) groups is 2. The van der Waals surface area contributed by atoms with E-state index in [1.807, 2.05) is 31.2 Å². The van der Waals surface area contributed by atoms with Crippen LogP contribution in [0.3, 0.4) is 0 Å². The Kier molecular flexibility index (Phi) is 7.05. The fourth-order valence-electron chi connectivity index (χ4n) is 3.92. The minimum Gasteiger partial charge on any atom is -0.481 e. The lowest BCUT2D eigenvalue weighted by atomic mass is 9.88. The van der Waals surface area contributed by atoms with Gasteiger partial charge < -0.3 is 15.4 Å². The largest absolute Gasteiger partial charge is 0.481 e. The van der Waals surface area contributed by atoms with Crippen molar-refractivity contribution in [3.05, 3.63) is 75.1 Å². The Morgan fingerprint density at radius 2 is 1.91 bits per heavy atom. The van der Waals surface area contributed by atoms with E-state index in [4.69, 9.17) is 16.3 Å². The van der Waals surface area contributed by atoms with Crippen LogP contribution in [0.25, 0.3) is 0 Å². The second kappa shape index (κ2) is 9.98. The molecule has 0 fully saturated rings. The van der Waals surface area contributed by atoms with Gasteiger partial charge in [0.2, 0.25) is 0 Å². The Labute approximate surface area is 203 Å². The lowest BCUT2D eigenvalue weighted by Crippen LogP contribution is -2.30. The fraction of sp³-hybridized carbons (Fsp3) is 0.308. The number of fused-ring (bicyclic) bond motifs is 1. The first kappa shape index (κ1) is 23.3. The number of hydrogen-bond donors (Lipinski definition) is 2. The summed E-state index contributed by atoms with van der Waals surface area (Å²) < 4.78 is 5.76. The molecular weight excluding hydrogens is 456 g/mol. The number of anilines is 2. The van der Waals surface area contributed by atoms with Gasteiger partial charge in [-0.1, -0.05) is 42.3 Å². The van der Waals surface area contributed by atoms with Gasteiger partial charge in [0, 0.05) is 15.6 Å². The number of ether oxygens (including phenoxy) is 1. The number of benzene rings is 2. The zero-order valence-corrected chi connectivity index (χ0v) is 20.5. The molecule has 2 N–H and O–H groups in total. The molecule has 7 heteroatoms. The van der Waals surface area contributed by atoms with Crippen molar-refractivity contribution in [3.8, 4) is 5.75 Å². The summed E-state index contributed by atoms with van der Waals surface area (Å²) in [5, 5.41) is 7.06. The molecule has 2 atom stereocenters. The van der Waals surface area contributed by atoms with Crippen LogP contribution in [0.4, 0.5) is 10.7 Å². The Bertz CT molecular complexity index is 1170. The predicted molar refractivity (Wildman–Crippen MR) is 135 cm³/mol. The molecule has 172 valence electrons. The lowest BCUT2D eigenvalue weighted by Gasteiger charge is -2.19. The summed E-state index contributed by atoms with van der Waals surface area (Å²) >= 11 is 7.51. The zero-order valence-electron chi connectivity index (χ0n) is 18.9. The van der Waals surface area contributed by atoms with Gasteiger partial charge in [0.1, 0.15) is 10.8 Å². The fourth-order valence-corrected chi connectivity index (χ4v) is 5.51. The average molecular weight is 483 g/mol. The van der Waals surface area contributed by atoms with Crippen LogP contribution in [-0.2, 0) is 17.6 Å². The summed E-state index contributed by atoms with van der Waals surface area (Å²) in [6, 6.07) is 14.6. The Balaban J connectivity index is 1.57.